The normalized spacial score (nSPS) is 23.0. The van der Waals surface area contributed by atoms with Crippen LogP contribution < -0.4 is 5.32 Å². The van der Waals surface area contributed by atoms with Crippen LogP contribution in [0.5, 0.6) is 0 Å². The summed E-state index contributed by atoms with van der Waals surface area (Å²) in [6.07, 6.45) is 2.81. The highest BCUT2D eigenvalue weighted by Crippen LogP contribution is 2.30. The van der Waals surface area contributed by atoms with Crippen LogP contribution in [0.25, 0.3) is 10.9 Å². The highest BCUT2D eigenvalue weighted by molar-refractivity contribution is 5.96. The van der Waals surface area contributed by atoms with Crippen LogP contribution in [0.4, 0.5) is 4.39 Å². The topological polar surface area (TPSA) is 62.3 Å². The summed E-state index contributed by atoms with van der Waals surface area (Å²) in [5, 5.41) is 3.66. The summed E-state index contributed by atoms with van der Waals surface area (Å²) in [5.74, 6) is -0.425. The number of benzene rings is 1. The second-order valence-electron chi connectivity index (χ2n) is 7.34. The van der Waals surface area contributed by atoms with Crippen molar-refractivity contribution in [1.82, 2.24) is 15.2 Å². The third-order valence-electron chi connectivity index (χ3n) is 5.20. The first kappa shape index (κ1) is 16.9. The number of carbonyl (C=O) groups is 2. The number of nitrogens with one attached hydrogen (secondary N) is 1. The fourth-order valence-electron chi connectivity index (χ4n) is 3.43. The number of carbonyl (C=O) groups excluding carboxylic acids is 2. The van der Waals surface area contributed by atoms with Gasteiger partial charge in [0.15, 0.2) is 0 Å². The molecule has 2 fully saturated rings. The van der Waals surface area contributed by atoms with E-state index < -0.39 is 11.6 Å². The molecule has 1 saturated heterocycles. The number of rotatable bonds is 4. The Kier molecular flexibility index (Phi) is 4.34. The van der Waals surface area contributed by atoms with E-state index in [0.717, 1.165) is 23.7 Å². The number of para-hydroxylation sites is 1. The van der Waals surface area contributed by atoms with Crippen molar-refractivity contribution in [2.45, 2.75) is 31.4 Å². The van der Waals surface area contributed by atoms with Gasteiger partial charge < -0.3 is 10.2 Å². The molecule has 2 aromatic rings. The molecule has 1 aromatic heterocycles. The second kappa shape index (κ2) is 6.67. The lowest BCUT2D eigenvalue weighted by atomic mass is 9.93. The van der Waals surface area contributed by atoms with Gasteiger partial charge in [0.1, 0.15) is 5.69 Å². The number of hydrogen-bond acceptors (Lipinski definition) is 3. The van der Waals surface area contributed by atoms with Crippen molar-refractivity contribution in [3.05, 3.63) is 42.1 Å². The quantitative estimate of drug-likeness (QED) is 0.917. The van der Waals surface area contributed by atoms with E-state index in [1.165, 1.54) is 4.90 Å². The molecule has 4 rings (SSSR count). The van der Waals surface area contributed by atoms with Crippen molar-refractivity contribution >= 4 is 22.7 Å². The molecule has 1 saturated carbocycles. The highest BCUT2D eigenvalue weighted by atomic mass is 19.1. The Hall–Kier alpha value is -2.50. The molecule has 5 nitrogen and oxygen atoms in total. The van der Waals surface area contributed by atoms with Gasteiger partial charge in [-0.2, -0.15) is 0 Å². The molecule has 1 aromatic carbocycles. The van der Waals surface area contributed by atoms with E-state index in [2.05, 4.69) is 10.3 Å². The molecule has 0 spiro atoms. The van der Waals surface area contributed by atoms with E-state index in [0.29, 0.717) is 25.4 Å². The van der Waals surface area contributed by atoms with Crippen molar-refractivity contribution in [1.29, 1.82) is 0 Å². The summed E-state index contributed by atoms with van der Waals surface area (Å²) >= 11 is 0. The summed E-state index contributed by atoms with van der Waals surface area (Å²) < 4.78 is 15.2. The third-order valence-corrected chi connectivity index (χ3v) is 5.20. The Balaban J connectivity index is 1.48. The van der Waals surface area contributed by atoms with Gasteiger partial charge in [-0.25, -0.2) is 9.37 Å². The van der Waals surface area contributed by atoms with Crippen LogP contribution in [-0.4, -0.2) is 47.0 Å². The molecule has 1 unspecified atom stereocenters. The summed E-state index contributed by atoms with van der Waals surface area (Å²) in [7, 11) is 0. The zero-order valence-corrected chi connectivity index (χ0v) is 14.6. The van der Waals surface area contributed by atoms with Crippen molar-refractivity contribution in [3.8, 4) is 0 Å². The number of amides is 2. The van der Waals surface area contributed by atoms with E-state index in [1.807, 2.05) is 30.3 Å². The lowest BCUT2D eigenvalue weighted by Gasteiger charge is -2.36. The first-order valence-electron chi connectivity index (χ1n) is 9.17. The number of hydrogen-bond donors (Lipinski definition) is 1. The lowest BCUT2D eigenvalue weighted by molar-refractivity contribution is -0.135. The molecule has 26 heavy (non-hydrogen) atoms. The highest BCUT2D eigenvalue weighted by Gasteiger charge is 2.44. The minimum atomic E-state index is -2.01. The molecule has 2 heterocycles. The van der Waals surface area contributed by atoms with Crippen LogP contribution in [-0.2, 0) is 4.79 Å². The first-order chi connectivity index (χ1) is 12.5. The summed E-state index contributed by atoms with van der Waals surface area (Å²) in [5.41, 5.74) is -1.00. The number of fused-ring (bicyclic) bond motifs is 1. The fraction of sp³-hybridized carbons (Fsp3) is 0.450. The monoisotopic (exact) mass is 355 g/mol. The summed E-state index contributed by atoms with van der Waals surface area (Å²) in [6.45, 7) is 0.760. The van der Waals surface area contributed by atoms with Crippen LogP contribution >= 0.6 is 0 Å². The number of aromatic nitrogens is 1. The molecule has 1 aliphatic heterocycles. The van der Waals surface area contributed by atoms with Crippen molar-refractivity contribution in [3.63, 3.8) is 0 Å². The predicted octanol–water partition coefficient (Wildman–Crippen LogP) is 2.71. The summed E-state index contributed by atoms with van der Waals surface area (Å²) in [6, 6.07) is 11.0. The van der Waals surface area contributed by atoms with E-state index in [-0.39, 0.29) is 24.6 Å². The molecule has 1 atom stereocenters. The van der Waals surface area contributed by atoms with Crippen molar-refractivity contribution < 1.29 is 14.0 Å². The van der Waals surface area contributed by atoms with Crippen LogP contribution in [0.2, 0.25) is 0 Å². The maximum atomic E-state index is 15.2. The number of pyridine rings is 1. The standard InChI is InChI=1S/C20H22FN3O2/c21-20(19(26)22-12-14-6-7-14)10-3-11-24(13-20)18(25)17-9-8-15-4-1-2-5-16(15)23-17/h1-2,4-5,8-9,14H,3,6-7,10-13H2,(H,22,26). The molecule has 1 aliphatic carbocycles. The fourth-order valence-corrected chi connectivity index (χ4v) is 3.43. The Bertz CT molecular complexity index is 852. The first-order valence-corrected chi connectivity index (χ1v) is 9.17. The SMILES string of the molecule is O=C(c1ccc2ccccc2n1)N1CCCC(F)(C(=O)NCC2CC2)C1. The van der Waals surface area contributed by atoms with Crippen LogP contribution in [0, 0.1) is 5.92 Å². The number of nitrogens with zero attached hydrogens (tertiary/aromatic N) is 2. The average Bonchev–Trinajstić information content (AvgIpc) is 3.49. The molecular formula is C20H22FN3O2. The van der Waals surface area contributed by atoms with Gasteiger partial charge in [0.25, 0.3) is 11.8 Å². The van der Waals surface area contributed by atoms with Crippen molar-refractivity contribution in [2.24, 2.45) is 5.92 Å². The van der Waals surface area contributed by atoms with Gasteiger partial charge in [0.2, 0.25) is 5.67 Å². The molecule has 6 heteroatoms. The zero-order chi connectivity index (χ0) is 18.1. The molecule has 136 valence electrons. The largest absolute Gasteiger partial charge is 0.353 e. The second-order valence-corrected chi connectivity index (χ2v) is 7.34. The van der Waals surface area contributed by atoms with Gasteiger partial charge in [-0.05, 0) is 43.7 Å². The molecule has 2 amide bonds. The Morgan fingerprint density at radius 1 is 1.23 bits per heavy atom. The average molecular weight is 355 g/mol. The zero-order valence-electron chi connectivity index (χ0n) is 14.6. The van der Waals surface area contributed by atoms with E-state index in [1.54, 1.807) is 6.07 Å². The van der Waals surface area contributed by atoms with Crippen LogP contribution in [0.1, 0.15) is 36.2 Å². The number of piperidine rings is 1. The molecule has 0 radical (unpaired) electrons. The Morgan fingerprint density at radius 2 is 2.04 bits per heavy atom. The third kappa shape index (κ3) is 3.41. The maximum Gasteiger partial charge on any atom is 0.272 e. The van der Waals surface area contributed by atoms with Gasteiger partial charge in [0, 0.05) is 18.5 Å². The minimum absolute atomic E-state index is 0.151. The lowest BCUT2D eigenvalue weighted by Crippen LogP contribution is -2.56. The van der Waals surface area contributed by atoms with Crippen LogP contribution in [0.3, 0.4) is 0 Å². The minimum Gasteiger partial charge on any atom is -0.353 e. The smallest absolute Gasteiger partial charge is 0.272 e. The molecule has 1 N–H and O–H groups in total. The number of alkyl halides is 1. The molecular weight excluding hydrogens is 333 g/mol. The Morgan fingerprint density at radius 3 is 2.85 bits per heavy atom. The van der Waals surface area contributed by atoms with Crippen molar-refractivity contribution in [2.75, 3.05) is 19.6 Å². The summed E-state index contributed by atoms with van der Waals surface area (Å²) in [4.78, 5) is 30.9. The van der Waals surface area contributed by atoms with E-state index in [9.17, 15) is 9.59 Å². The number of likely N-dealkylation sites (tertiary alicyclic amines) is 1. The predicted molar refractivity (Wildman–Crippen MR) is 96.5 cm³/mol. The Labute approximate surface area is 151 Å². The number of halogens is 1. The van der Waals surface area contributed by atoms with Crippen LogP contribution in [0.15, 0.2) is 36.4 Å². The molecule has 0 bridgehead atoms. The van der Waals surface area contributed by atoms with E-state index >= 15 is 4.39 Å². The van der Waals surface area contributed by atoms with E-state index in [4.69, 9.17) is 0 Å². The maximum absolute atomic E-state index is 15.2. The van der Waals surface area contributed by atoms with Gasteiger partial charge in [-0.15, -0.1) is 0 Å². The van der Waals surface area contributed by atoms with Gasteiger partial charge in [0.05, 0.1) is 12.1 Å². The van der Waals surface area contributed by atoms with Gasteiger partial charge in [-0.1, -0.05) is 24.3 Å². The molecule has 2 aliphatic rings. The van der Waals surface area contributed by atoms with Gasteiger partial charge >= 0.3 is 0 Å². The van der Waals surface area contributed by atoms with Gasteiger partial charge in [-0.3, -0.25) is 9.59 Å².